The maximum atomic E-state index is 13.8. The number of hydrogen-bond acceptors (Lipinski definition) is 1. The molecule has 0 bridgehead atoms. The topological polar surface area (TPSA) is 12.0 Å². The summed E-state index contributed by atoms with van der Waals surface area (Å²) in [5.41, 5.74) is 1.87. The second-order valence-electron chi connectivity index (χ2n) is 4.33. The number of allylic oxidation sites excluding steroid dienone is 1. The van der Waals surface area contributed by atoms with Gasteiger partial charge in [0, 0.05) is 6.04 Å². The number of nitrogens with one attached hydrogen (secondary N) is 1. The van der Waals surface area contributed by atoms with Crippen molar-refractivity contribution in [3.8, 4) is 0 Å². The lowest BCUT2D eigenvalue weighted by atomic mass is 10.0. The molecule has 94 valence electrons. The van der Waals surface area contributed by atoms with Crippen LogP contribution >= 0.6 is 11.6 Å². The summed E-state index contributed by atoms with van der Waals surface area (Å²) in [5, 5.41) is 3.51. The Morgan fingerprint density at radius 1 is 1.47 bits per heavy atom. The van der Waals surface area contributed by atoms with Crippen molar-refractivity contribution in [2.45, 2.75) is 33.2 Å². The molecule has 17 heavy (non-hydrogen) atoms. The van der Waals surface area contributed by atoms with Gasteiger partial charge in [0.15, 0.2) is 0 Å². The molecule has 0 amide bonds. The van der Waals surface area contributed by atoms with Crippen LogP contribution in [0.5, 0.6) is 0 Å². The summed E-state index contributed by atoms with van der Waals surface area (Å²) in [7, 11) is 0. The van der Waals surface area contributed by atoms with Crippen molar-refractivity contribution >= 4 is 11.6 Å². The molecule has 0 saturated carbocycles. The van der Waals surface area contributed by atoms with Gasteiger partial charge in [-0.05, 0) is 38.4 Å². The third kappa shape index (κ3) is 4.49. The van der Waals surface area contributed by atoms with Gasteiger partial charge >= 0.3 is 0 Å². The van der Waals surface area contributed by atoms with Crippen LogP contribution in [-0.2, 0) is 6.42 Å². The number of benzene rings is 1. The number of rotatable bonds is 5. The van der Waals surface area contributed by atoms with Crippen LogP contribution in [-0.4, -0.2) is 12.6 Å². The summed E-state index contributed by atoms with van der Waals surface area (Å²) in [6.07, 6.45) is 2.73. The Kier molecular flexibility index (Phi) is 5.66. The lowest BCUT2D eigenvalue weighted by molar-refractivity contribution is 0.568. The molecule has 1 N–H and O–H groups in total. The average Bonchev–Trinajstić information content (AvgIpc) is 2.24. The summed E-state index contributed by atoms with van der Waals surface area (Å²) in [5.74, 6) is -0.306. The van der Waals surface area contributed by atoms with Gasteiger partial charge in [-0.3, -0.25) is 0 Å². The summed E-state index contributed by atoms with van der Waals surface area (Å²) in [6, 6.07) is 5.29. The van der Waals surface area contributed by atoms with Gasteiger partial charge in [0.2, 0.25) is 0 Å². The van der Waals surface area contributed by atoms with Gasteiger partial charge < -0.3 is 5.32 Å². The number of halogens is 2. The first-order chi connectivity index (χ1) is 8.04. The van der Waals surface area contributed by atoms with Crippen molar-refractivity contribution in [2.24, 2.45) is 0 Å². The highest BCUT2D eigenvalue weighted by molar-refractivity contribution is 6.30. The Labute approximate surface area is 108 Å². The Morgan fingerprint density at radius 3 is 2.76 bits per heavy atom. The van der Waals surface area contributed by atoms with Crippen LogP contribution in [0.4, 0.5) is 4.39 Å². The summed E-state index contributed by atoms with van der Waals surface area (Å²) in [4.78, 5) is 0. The first-order valence-electron chi connectivity index (χ1n) is 5.86. The Hall–Kier alpha value is -0.860. The van der Waals surface area contributed by atoms with Crippen molar-refractivity contribution in [1.82, 2.24) is 5.32 Å². The molecule has 1 aromatic rings. The van der Waals surface area contributed by atoms with Crippen molar-refractivity contribution < 1.29 is 4.39 Å². The van der Waals surface area contributed by atoms with Crippen LogP contribution in [0, 0.1) is 5.82 Å². The summed E-state index contributed by atoms with van der Waals surface area (Å²) in [6.45, 7) is 6.98. The predicted molar refractivity (Wildman–Crippen MR) is 72.0 cm³/mol. The molecule has 0 aliphatic carbocycles. The monoisotopic (exact) mass is 255 g/mol. The maximum Gasteiger partial charge on any atom is 0.145 e. The van der Waals surface area contributed by atoms with Crippen LogP contribution in [0.15, 0.2) is 29.8 Å². The van der Waals surface area contributed by atoms with Crippen LogP contribution in [0.25, 0.3) is 0 Å². The molecule has 0 aliphatic heterocycles. The molecule has 1 atom stereocenters. The van der Waals surface area contributed by atoms with Crippen LogP contribution in [0.2, 0.25) is 5.02 Å². The van der Waals surface area contributed by atoms with E-state index < -0.39 is 0 Å². The van der Waals surface area contributed by atoms with Gasteiger partial charge in [-0.2, -0.15) is 0 Å². The lowest BCUT2D eigenvalue weighted by Gasteiger charge is -2.15. The molecular formula is C14H19ClFN. The van der Waals surface area contributed by atoms with Gasteiger partial charge in [-0.15, -0.1) is 0 Å². The van der Waals surface area contributed by atoms with E-state index >= 15 is 0 Å². The number of likely N-dealkylation sites (N-methyl/N-ethyl adjacent to an activating group) is 1. The van der Waals surface area contributed by atoms with Crippen molar-refractivity contribution in [3.05, 3.63) is 46.3 Å². The predicted octanol–water partition coefficient (Wildman–Crippen LogP) is 3.97. The second-order valence-corrected chi connectivity index (χ2v) is 4.73. The van der Waals surface area contributed by atoms with Crippen LogP contribution in [0.3, 0.4) is 0 Å². The molecule has 0 aromatic heterocycles. The van der Waals surface area contributed by atoms with E-state index in [-0.39, 0.29) is 16.9 Å². The molecule has 1 rings (SSSR count). The summed E-state index contributed by atoms with van der Waals surface area (Å²) < 4.78 is 13.8. The molecule has 0 radical (unpaired) electrons. The SMILES string of the molecule is CCNC(C=C(C)C)Cc1cccc(Cl)c1F. The smallest absolute Gasteiger partial charge is 0.145 e. The molecule has 0 aliphatic rings. The summed E-state index contributed by atoms with van der Waals surface area (Å²) >= 11 is 5.77. The van der Waals surface area contributed by atoms with E-state index in [0.29, 0.717) is 12.0 Å². The van der Waals surface area contributed by atoms with Gasteiger partial charge in [0.25, 0.3) is 0 Å². The first-order valence-corrected chi connectivity index (χ1v) is 6.23. The third-order valence-electron chi connectivity index (χ3n) is 2.47. The fraction of sp³-hybridized carbons (Fsp3) is 0.429. The molecule has 1 aromatic carbocycles. The zero-order valence-corrected chi connectivity index (χ0v) is 11.3. The number of hydrogen-bond donors (Lipinski definition) is 1. The van der Waals surface area contributed by atoms with Crippen LogP contribution < -0.4 is 5.32 Å². The van der Waals surface area contributed by atoms with E-state index in [1.165, 1.54) is 5.57 Å². The van der Waals surface area contributed by atoms with E-state index in [2.05, 4.69) is 11.4 Å². The minimum Gasteiger partial charge on any atom is -0.310 e. The van der Waals surface area contributed by atoms with Gasteiger partial charge in [-0.1, -0.05) is 42.3 Å². The highest BCUT2D eigenvalue weighted by atomic mass is 35.5. The lowest BCUT2D eigenvalue weighted by Crippen LogP contribution is -2.29. The Balaban J connectivity index is 2.86. The highest BCUT2D eigenvalue weighted by Crippen LogP contribution is 2.19. The molecular weight excluding hydrogens is 237 g/mol. The van der Waals surface area contributed by atoms with Crippen molar-refractivity contribution in [3.63, 3.8) is 0 Å². The molecule has 0 spiro atoms. The zero-order valence-electron chi connectivity index (χ0n) is 10.6. The van der Waals surface area contributed by atoms with Gasteiger partial charge in [0.05, 0.1) is 5.02 Å². The molecule has 0 heterocycles. The van der Waals surface area contributed by atoms with E-state index in [0.717, 1.165) is 6.54 Å². The minimum absolute atomic E-state index is 0.151. The molecule has 1 nitrogen and oxygen atoms in total. The second kappa shape index (κ2) is 6.77. The Bertz CT molecular complexity index is 397. The molecule has 1 unspecified atom stereocenters. The molecule has 3 heteroatoms. The largest absolute Gasteiger partial charge is 0.310 e. The molecule has 0 saturated heterocycles. The van der Waals surface area contributed by atoms with E-state index in [9.17, 15) is 4.39 Å². The quantitative estimate of drug-likeness (QED) is 0.786. The van der Waals surface area contributed by atoms with E-state index in [4.69, 9.17) is 11.6 Å². The molecule has 0 fully saturated rings. The fourth-order valence-corrected chi connectivity index (χ4v) is 1.99. The van der Waals surface area contributed by atoms with Gasteiger partial charge in [0.1, 0.15) is 5.82 Å². The van der Waals surface area contributed by atoms with E-state index in [1.54, 1.807) is 18.2 Å². The van der Waals surface area contributed by atoms with Gasteiger partial charge in [-0.25, -0.2) is 4.39 Å². The Morgan fingerprint density at radius 2 is 2.18 bits per heavy atom. The minimum atomic E-state index is -0.306. The van der Waals surface area contributed by atoms with Crippen LogP contribution in [0.1, 0.15) is 26.3 Å². The zero-order chi connectivity index (χ0) is 12.8. The fourth-order valence-electron chi connectivity index (χ4n) is 1.80. The normalized spacial score (nSPS) is 12.3. The average molecular weight is 256 g/mol. The van der Waals surface area contributed by atoms with E-state index in [1.807, 2.05) is 20.8 Å². The standard InChI is InChI=1S/C14H19ClFN/c1-4-17-12(8-10(2)3)9-11-6-5-7-13(15)14(11)16/h5-8,12,17H,4,9H2,1-3H3. The first kappa shape index (κ1) is 14.2. The van der Waals surface area contributed by atoms with Crippen molar-refractivity contribution in [2.75, 3.05) is 6.54 Å². The highest BCUT2D eigenvalue weighted by Gasteiger charge is 2.11. The van der Waals surface area contributed by atoms with Crippen molar-refractivity contribution in [1.29, 1.82) is 0 Å². The third-order valence-corrected chi connectivity index (χ3v) is 2.76. The maximum absolute atomic E-state index is 13.8.